The Morgan fingerprint density at radius 2 is 0.853 bits per heavy atom. The summed E-state index contributed by atoms with van der Waals surface area (Å²) in [6, 6.07) is 76.0. The van der Waals surface area contributed by atoms with Crippen LogP contribution in [0.15, 0.2) is 200 Å². The summed E-state index contributed by atoms with van der Waals surface area (Å²) in [6.07, 6.45) is 7.12. The zero-order chi connectivity index (χ0) is 45.9. The molecule has 11 aromatic carbocycles. The molecule has 0 bridgehead atoms. The average Bonchev–Trinajstić information content (AvgIpc) is 3.67. The van der Waals surface area contributed by atoms with Crippen LogP contribution in [0.3, 0.4) is 0 Å². The van der Waals surface area contributed by atoms with Crippen LogP contribution in [0.25, 0.3) is 87.2 Å². The first kappa shape index (κ1) is 41.9. The van der Waals surface area contributed by atoms with Crippen LogP contribution in [0.1, 0.15) is 74.6 Å². The van der Waals surface area contributed by atoms with Gasteiger partial charge in [0.25, 0.3) is 0 Å². The van der Waals surface area contributed by atoms with Gasteiger partial charge in [-0.1, -0.05) is 209 Å². The minimum absolute atomic E-state index is 0.0265. The monoisotopic (exact) mass is 875 g/mol. The molecule has 0 spiro atoms. The number of benzene rings is 11. The lowest BCUT2D eigenvalue weighted by molar-refractivity contribution is 0.415. The average molecular weight is 876 g/mol. The van der Waals surface area contributed by atoms with Gasteiger partial charge in [0.15, 0.2) is 0 Å². The molecule has 1 aliphatic rings. The Bertz CT molecular complexity index is 3610. The number of rotatable bonds is 11. The molecule has 0 N–H and O–H groups in total. The van der Waals surface area contributed by atoms with Crippen molar-refractivity contribution in [3.8, 4) is 33.4 Å². The van der Waals surface area contributed by atoms with Crippen LogP contribution in [0, 0.1) is 13.8 Å². The summed E-state index contributed by atoms with van der Waals surface area (Å²) in [5.74, 6) is 0. The molecule has 0 saturated heterocycles. The first-order valence-electron chi connectivity index (χ1n) is 25.0. The van der Waals surface area contributed by atoms with E-state index in [0.29, 0.717) is 0 Å². The summed E-state index contributed by atoms with van der Waals surface area (Å²) < 4.78 is 0. The molecule has 0 aromatic heterocycles. The molecule has 0 amide bonds. The highest BCUT2D eigenvalue weighted by Crippen LogP contribution is 2.58. The molecule has 0 atom stereocenters. The number of hydrogen-bond donors (Lipinski definition) is 0. The molecule has 0 aliphatic heterocycles. The smallest absolute Gasteiger partial charge is 0.0540 e. The molecule has 0 heterocycles. The maximum absolute atomic E-state index is 2.48. The maximum Gasteiger partial charge on any atom is 0.0540 e. The Hall–Kier alpha value is -7.48. The summed E-state index contributed by atoms with van der Waals surface area (Å²) >= 11 is 0. The van der Waals surface area contributed by atoms with Gasteiger partial charge in [0, 0.05) is 21.9 Å². The Morgan fingerprint density at radius 1 is 0.382 bits per heavy atom. The third-order valence-corrected chi connectivity index (χ3v) is 15.5. The number of aryl methyl sites for hydroxylation is 2. The van der Waals surface area contributed by atoms with Crippen molar-refractivity contribution < 1.29 is 0 Å². The molecule has 1 nitrogen and oxygen atoms in total. The number of hydrogen-bond acceptors (Lipinski definition) is 1. The Balaban J connectivity index is 1.05. The van der Waals surface area contributed by atoms with Crippen molar-refractivity contribution >= 4 is 70.9 Å². The van der Waals surface area contributed by atoms with Crippen LogP contribution in [-0.4, -0.2) is 0 Å². The van der Waals surface area contributed by atoms with E-state index in [1.165, 1.54) is 141 Å². The van der Waals surface area contributed by atoms with Crippen molar-refractivity contribution in [1.29, 1.82) is 0 Å². The second-order valence-electron chi connectivity index (χ2n) is 19.4. The second kappa shape index (κ2) is 17.0. The Morgan fingerprint density at radius 3 is 1.44 bits per heavy atom. The lowest BCUT2D eigenvalue weighted by Crippen LogP contribution is -2.26. The molecule has 1 aliphatic carbocycles. The second-order valence-corrected chi connectivity index (χ2v) is 19.4. The van der Waals surface area contributed by atoms with Gasteiger partial charge < -0.3 is 4.90 Å². The van der Waals surface area contributed by atoms with Crippen molar-refractivity contribution in [2.75, 3.05) is 4.90 Å². The molecule has 12 rings (SSSR count). The fourth-order valence-corrected chi connectivity index (χ4v) is 12.3. The van der Waals surface area contributed by atoms with E-state index in [9.17, 15) is 0 Å². The van der Waals surface area contributed by atoms with E-state index >= 15 is 0 Å². The van der Waals surface area contributed by atoms with Gasteiger partial charge in [0.05, 0.1) is 11.4 Å². The topological polar surface area (TPSA) is 3.24 Å². The summed E-state index contributed by atoms with van der Waals surface area (Å²) in [6.45, 7) is 9.12. The van der Waals surface area contributed by atoms with Gasteiger partial charge in [-0.05, 0) is 156 Å². The summed E-state index contributed by atoms with van der Waals surface area (Å²) in [5.41, 5.74) is 17.2. The first-order chi connectivity index (χ1) is 33.5. The standard InChI is InChI=1S/C67H57N/c1-5-7-40-67(41-8-6-2)61-31-18-17-22-52(61)59-29-19-30-60(66(59)67)65-57-27-15-13-25-55(57)64(56-26-14-16-28-58(56)65)48-35-34-47-43-49(37-36-46(47)42-48)68(62-38-32-44(3)50-20-9-11-23-53(50)62)63-39-33-45(4)51-21-10-12-24-54(51)63/h9-39,42-43H,5-8,40-41H2,1-4H3. The highest BCUT2D eigenvalue weighted by Gasteiger charge is 2.44. The molecule has 11 aromatic rings. The molecule has 0 radical (unpaired) electrons. The van der Waals surface area contributed by atoms with E-state index in [1.807, 2.05) is 0 Å². The van der Waals surface area contributed by atoms with E-state index in [-0.39, 0.29) is 5.41 Å². The van der Waals surface area contributed by atoms with Crippen molar-refractivity contribution in [2.24, 2.45) is 0 Å². The predicted molar refractivity (Wildman–Crippen MR) is 294 cm³/mol. The Labute approximate surface area is 401 Å². The third kappa shape index (κ3) is 6.58. The largest absolute Gasteiger partial charge is 0.309 e. The lowest BCUT2D eigenvalue weighted by atomic mass is 9.68. The molecular weight excluding hydrogens is 819 g/mol. The number of fused-ring (bicyclic) bond motifs is 8. The highest BCUT2D eigenvalue weighted by atomic mass is 15.1. The molecule has 330 valence electrons. The van der Waals surface area contributed by atoms with Crippen LogP contribution in [0.2, 0.25) is 0 Å². The summed E-state index contributed by atoms with van der Waals surface area (Å²) in [7, 11) is 0. The third-order valence-electron chi connectivity index (χ3n) is 15.5. The maximum atomic E-state index is 2.48. The molecule has 0 unspecified atom stereocenters. The highest BCUT2D eigenvalue weighted by molar-refractivity contribution is 6.22. The summed E-state index contributed by atoms with van der Waals surface area (Å²) in [5, 5.41) is 12.7. The van der Waals surface area contributed by atoms with Crippen molar-refractivity contribution in [3.63, 3.8) is 0 Å². The fraction of sp³-hybridized carbons (Fsp3) is 0.164. The van der Waals surface area contributed by atoms with Gasteiger partial charge in [-0.2, -0.15) is 0 Å². The van der Waals surface area contributed by atoms with Crippen LogP contribution < -0.4 is 4.90 Å². The number of nitrogens with zero attached hydrogens (tertiary/aromatic N) is 1. The molecule has 68 heavy (non-hydrogen) atoms. The van der Waals surface area contributed by atoms with Gasteiger partial charge in [0.1, 0.15) is 0 Å². The van der Waals surface area contributed by atoms with Crippen molar-refractivity contribution in [2.45, 2.75) is 71.6 Å². The fourth-order valence-electron chi connectivity index (χ4n) is 12.3. The van der Waals surface area contributed by atoms with Gasteiger partial charge in [-0.25, -0.2) is 0 Å². The zero-order valence-electron chi connectivity index (χ0n) is 39.7. The minimum Gasteiger partial charge on any atom is -0.309 e. The Kier molecular flexibility index (Phi) is 10.5. The van der Waals surface area contributed by atoms with E-state index in [1.54, 1.807) is 5.56 Å². The van der Waals surface area contributed by atoms with Gasteiger partial charge >= 0.3 is 0 Å². The number of anilines is 3. The van der Waals surface area contributed by atoms with Crippen LogP contribution in [0.4, 0.5) is 17.1 Å². The van der Waals surface area contributed by atoms with Gasteiger partial charge in [-0.15, -0.1) is 0 Å². The normalized spacial score (nSPS) is 12.9. The van der Waals surface area contributed by atoms with Gasteiger partial charge in [-0.3, -0.25) is 0 Å². The lowest BCUT2D eigenvalue weighted by Gasteiger charge is -2.34. The molecule has 0 saturated carbocycles. The van der Waals surface area contributed by atoms with Crippen molar-refractivity contribution in [3.05, 3.63) is 222 Å². The predicted octanol–water partition coefficient (Wildman–Crippen LogP) is 19.5. The zero-order valence-corrected chi connectivity index (χ0v) is 39.7. The SMILES string of the molecule is CCCCC1(CCCC)c2ccccc2-c2cccc(-c3c4ccccc4c(-c4ccc5cc(N(c6ccc(C)c7ccccc67)c6ccc(C)c7ccccc67)ccc5c4)c4ccccc34)c21. The summed E-state index contributed by atoms with van der Waals surface area (Å²) in [4.78, 5) is 2.48. The van der Waals surface area contributed by atoms with E-state index in [0.717, 1.165) is 18.5 Å². The molecule has 0 fully saturated rings. The van der Waals surface area contributed by atoms with Crippen LogP contribution in [0.5, 0.6) is 0 Å². The first-order valence-corrected chi connectivity index (χ1v) is 25.0. The van der Waals surface area contributed by atoms with Crippen LogP contribution >= 0.6 is 0 Å². The van der Waals surface area contributed by atoms with Crippen LogP contribution in [-0.2, 0) is 5.41 Å². The number of unbranched alkanes of at least 4 members (excludes halogenated alkanes) is 2. The van der Waals surface area contributed by atoms with E-state index in [4.69, 9.17) is 0 Å². The van der Waals surface area contributed by atoms with Gasteiger partial charge in [0.2, 0.25) is 0 Å². The molecule has 1 heteroatoms. The van der Waals surface area contributed by atoms with E-state index in [2.05, 4.69) is 233 Å². The quantitative estimate of drug-likeness (QED) is 0.117. The minimum atomic E-state index is -0.0265. The molecular formula is C67H57N. The van der Waals surface area contributed by atoms with E-state index < -0.39 is 0 Å². The van der Waals surface area contributed by atoms with Crippen molar-refractivity contribution in [1.82, 2.24) is 0 Å².